The van der Waals surface area contributed by atoms with Crippen LogP contribution in [0.25, 0.3) is 0 Å². The summed E-state index contributed by atoms with van der Waals surface area (Å²) in [7, 11) is 0. The molecule has 0 amide bonds. The second-order valence-electron chi connectivity index (χ2n) is 4.33. The average molecular weight is 375 g/mol. The molecule has 0 bridgehead atoms. The summed E-state index contributed by atoms with van der Waals surface area (Å²) in [4.78, 5) is 11.8. The first kappa shape index (κ1) is 16.4. The van der Waals surface area contributed by atoms with E-state index in [-0.39, 0.29) is 11.5 Å². The van der Waals surface area contributed by atoms with Crippen molar-refractivity contribution in [3.63, 3.8) is 0 Å². The SMILES string of the molecule is CC(Oc1ccc(F)c(F)c1)C(=O)Oc1ccc(Br)cc1F. The Labute approximate surface area is 132 Å². The van der Waals surface area contributed by atoms with E-state index in [0.717, 1.165) is 18.2 Å². The van der Waals surface area contributed by atoms with Gasteiger partial charge in [-0.2, -0.15) is 0 Å². The Bertz CT molecular complexity index is 706. The first-order valence-corrected chi connectivity index (χ1v) is 6.94. The van der Waals surface area contributed by atoms with Gasteiger partial charge in [0.2, 0.25) is 0 Å². The van der Waals surface area contributed by atoms with Gasteiger partial charge < -0.3 is 9.47 Å². The summed E-state index contributed by atoms with van der Waals surface area (Å²) in [6.45, 7) is 1.35. The molecule has 0 fully saturated rings. The van der Waals surface area contributed by atoms with Crippen LogP contribution in [0, 0.1) is 17.5 Å². The minimum Gasteiger partial charge on any atom is -0.479 e. The molecule has 0 aromatic heterocycles. The standard InChI is InChI=1S/C15H10BrF3O3/c1-8(21-10-3-4-11(17)12(18)7-10)15(20)22-14-5-2-9(16)6-13(14)19/h2-8H,1H3. The van der Waals surface area contributed by atoms with E-state index in [1.54, 1.807) is 0 Å². The molecule has 2 aromatic rings. The highest BCUT2D eigenvalue weighted by Gasteiger charge is 2.19. The van der Waals surface area contributed by atoms with Crippen LogP contribution < -0.4 is 9.47 Å². The fraction of sp³-hybridized carbons (Fsp3) is 0.133. The Morgan fingerprint density at radius 3 is 2.41 bits per heavy atom. The first-order valence-electron chi connectivity index (χ1n) is 6.15. The largest absolute Gasteiger partial charge is 0.479 e. The van der Waals surface area contributed by atoms with Crippen LogP contribution in [0.5, 0.6) is 11.5 Å². The van der Waals surface area contributed by atoms with Gasteiger partial charge in [-0.3, -0.25) is 0 Å². The van der Waals surface area contributed by atoms with Crippen LogP contribution in [0.3, 0.4) is 0 Å². The summed E-state index contributed by atoms with van der Waals surface area (Å²) >= 11 is 3.08. The summed E-state index contributed by atoms with van der Waals surface area (Å²) in [6.07, 6.45) is -1.13. The minimum absolute atomic E-state index is 0.0420. The quantitative estimate of drug-likeness (QED) is 0.593. The van der Waals surface area contributed by atoms with E-state index in [0.29, 0.717) is 4.47 Å². The summed E-state index contributed by atoms with van der Waals surface area (Å²) in [5, 5.41) is 0. The van der Waals surface area contributed by atoms with Crippen LogP contribution in [0.4, 0.5) is 13.2 Å². The third-order valence-electron chi connectivity index (χ3n) is 2.64. The number of benzene rings is 2. The molecule has 22 heavy (non-hydrogen) atoms. The van der Waals surface area contributed by atoms with Crippen molar-refractivity contribution in [3.8, 4) is 11.5 Å². The van der Waals surface area contributed by atoms with Crippen molar-refractivity contribution >= 4 is 21.9 Å². The summed E-state index contributed by atoms with van der Waals surface area (Å²) in [6, 6.07) is 6.77. The zero-order chi connectivity index (χ0) is 16.3. The van der Waals surface area contributed by atoms with Gasteiger partial charge in [0.15, 0.2) is 29.3 Å². The van der Waals surface area contributed by atoms with Gasteiger partial charge in [0.1, 0.15) is 5.75 Å². The number of halogens is 4. The van der Waals surface area contributed by atoms with Crippen LogP contribution >= 0.6 is 15.9 Å². The van der Waals surface area contributed by atoms with Crippen molar-refractivity contribution in [2.24, 2.45) is 0 Å². The molecule has 0 spiro atoms. The van der Waals surface area contributed by atoms with Crippen LogP contribution in [-0.2, 0) is 4.79 Å². The molecule has 3 nitrogen and oxygen atoms in total. The van der Waals surface area contributed by atoms with Gasteiger partial charge in [-0.25, -0.2) is 18.0 Å². The number of rotatable bonds is 4. The lowest BCUT2D eigenvalue weighted by atomic mass is 10.3. The molecule has 1 atom stereocenters. The number of carbonyl (C=O) groups is 1. The van der Waals surface area contributed by atoms with Gasteiger partial charge in [0.25, 0.3) is 0 Å². The Balaban J connectivity index is 2.04. The monoisotopic (exact) mass is 374 g/mol. The predicted molar refractivity (Wildman–Crippen MR) is 76.2 cm³/mol. The highest BCUT2D eigenvalue weighted by Crippen LogP contribution is 2.22. The third kappa shape index (κ3) is 4.00. The summed E-state index contributed by atoms with van der Waals surface area (Å²) in [5.74, 6) is -4.01. The summed E-state index contributed by atoms with van der Waals surface area (Å²) in [5.41, 5.74) is 0. The summed E-state index contributed by atoms with van der Waals surface area (Å²) < 4.78 is 49.9. The maximum Gasteiger partial charge on any atom is 0.352 e. The smallest absolute Gasteiger partial charge is 0.352 e. The highest BCUT2D eigenvalue weighted by molar-refractivity contribution is 9.10. The lowest BCUT2D eigenvalue weighted by molar-refractivity contribution is -0.141. The molecule has 0 saturated heterocycles. The number of esters is 1. The Kier molecular flexibility index (Phi) is 5.07. The molecule has 7 heteroatoms. The maximum atomic E-state index is 13.6. The fourth-order valence-corrected chi connectivity index (χ4v) is 1.88. The lowest BCUT2D eigenvalue weighted by Gasteiger charge is -2.14. The first-order chi connectivity index (χ1) is 10.4. The Hall–Kier alpha value is -2.02. The zero-order valence-corrected chi connectivity index (χ0v) is 12.9. The van der Waals surface area contributed by atoms with Crippen LogP contribution in [0.1, 0.15) is 6.92 Å². The van der Waals surface area contributed by atoms with Crippen LogP contribution in [-0.4, -0.2) is 12.1 Å². The molecule has 116 valence electrons. The van der Waals surface area contributed by atoms with E-state index in [9.17, 15) is 18.0 Å². The molecule has 0 saturated carbocycles. The molecule has 0 N–H and O–H groups in total. The van der Waals surface area contributed by atoms with E-state index in [1.165, 1.54) is 25.1 Å². The molecular weight excluding hydrogens is 365 g/mol. The third-order valence-corrected chi connectivity index (χ3v) is 3.13. The molecule has 2 rings (SSSR count). The number of hydrogen-bond donors (Lipinski definition) is 0. The second-order valence-corrected chi connectivity index (χ2v) is 5.25. The van der Waals surface area contributed by atoms with E-state index in [4.69, 9.17) is 9.47 Å². The Morgan fingerprint density at radius 1 is 1.05 bits per heavy atom. The zero-order valence-electron chi connectivity index (χ0n) is 11.3. The van der Waals surface area contributed by atoms with Crippen molar-refractivity contribution < 1.29 is 27.4 Å². The van der Waals surface area contributed by atoms with E-state index < -0.39 is 29.5 Å². The fourth-order valence-electron chi connectivity index (χ4n) is 1.55. The van der Waals surface area contributed by atoms with E-state index >= 15 is 0 Å². The molecule has 2 aromatic carbocycles. The van der Waals surface area contributed by atoms with E-state index in [1.807, 2.05) is 0 Å². The van der Waals surface area contributed by atoms with Gasteiger partial charge in [0.05, 0.1) is 0 Å². The van der Waals surface area contributed by atoms with Gasteiger partial charge in [0, 0.05) is 10.5 Å². The molecule has 0 radical (unpaired) electrons. The van der Waals surface area contributed by atoms with Crippen LogP contribution in [0.15, 0.2) is 40.9 Å². The van der Waals surface area contributed by atoms with Gasteiger partial charge in [-0.05, 0) is 37.3 Å². The van der Waals surface area contributed by atoms with Crippen molar-refractivity contribution in [3.05, 3.63) is 58.3 Å². The van der Waals surface area contributed by atoms with Gasteiger partial charge in [-0.1, -0.05) is 15.9 Å². The van der Waals surface area contributed by atoms with Crippen molar-refractivity contribution in [1.29, 1.82) is 0 Å². The highest BCUT2D eigenvalue weighted by atomic mass is 79.9. The second kappa shape index (κ2) is 6.83. The lowest BCUT2D eigenvalue weighted by Crippen LogP contribution is -2.28. The van der Waals surface area contributed by atoms with Gasteiger partial charge in [-0.15, -0.1) is 0 Å². The Morgan fingerprint density at radius 2 is 1.77 bits per heavy atom. The average Bonchev–Trinajstić information content (AvgIpc) is 2.45. The number of ether oxygens (including phenoxy) is 2. The topological polar surface area (TPSA) is 35.5 Å². The molecular formula is C15H10BrF3O3. The van der Waals surface area contributed by atoms with E-state index in [2.05, 4.69) is 15.9 Å². The normalized spacial score (nSPS) is 11.9. The maximum absolute atomic E-state index is 13.6. The molecule has 0 aliphatic carbocycles. The predicted octanol–water partition coefficient (Wildman–Crippen LogP) is 4.24. The number of hydrogen-bond acceptors (Lipinski definition) is 3. The molecule has 0 aliphatic heterocycles. The molecule has 0 heterocycles. The minimum atomic E-state index is -1.13. The van der Waals surface area contributed by atoms with Crippen molar-refractivity contribution in [1.82, 2.24) is 0 Å². The van der Waals surface area contributed by atoms with Crippen LogP contribution in [0.2, 0.25) is 0 Å². The van der Waals surface area contributed by atoms with Gasteiger partial charge >= 0.3 is 5.97 Å². The van der Waals surface area contributed by atoms with Crippen molar-refractivity contribution in [2.75, 3.05) is 0 Å². The molecule has 1 unspecified atom stereocenters. The van der Waals surface area contributed by atoms with Crippen molar-refractivity contribution in [2.45, 2.75) is 13.0 Å². The number of carbonyl (C=O) groups excluding carboxylic acids is 1. The molecule has 0 aliphatic rings.